The van der Waals surface area contributed by atoms with Crippen LogP contribution in [0.15, 0.2) is 114 Å². The van der Waals surface area contributed by atoms with Crippen molar-refractivity contribution in [3.05, 3.63) is 109 Å². The molecule has 6 aromatic rings. The number of anilines is 2. The maximum Gasteiger partial charge on any atom is 0.328 e. The minimum atomic E-state index is -2.01. The average Bonchev–Trinajstić information content (AvgIpc) is 3.34. The van der Waals surface area contributed by atoms with Crippen LogP contribution in [0.3, 0.4) is 0 Å². The van der Waals surface area contributed by atoms with Gasteiger partial charge in [-0.15, -0.1) is 0 Å². The molecule has 8 rings (SSSR count). The van der Waals surface area contributed by atoms with Gasteiger partial charge < -0.3 is 9.23 Å². The molecule has 0 saturated carbocycles. The lowest BCUT2D eigenvalue weighted by Crippen LogP contribution is -2.78. The fraction of sp³-hybridized carbons (Fsp3) is 0.118. The molecule has 0 fully saturated rings. The van der Waals surface area contributed by atoms with E-state index in [1.807, 2.05) is 0 Å². The second kappa shape index (κ2) is 7.87. The number of para-hydroxylation sites is 2. The molecule has 39 heavy (non-hydrogen) atoms. The van der Waals surface area contributed by atoms with Crippen LogP contribution in [0.1, 0.15) is 0 Å². The van der Waals surface area contributed by atoms with Crippen molar-refractivity contribution < 1.29 is 4.42 Å². The van der Waals surface area contributed by atoms with Gasteiger partial charge in [0.15, 0.2) is 5.58 Å². The van der Waals surface area contributed by atoms with Crippen molar-refractivity contribution in [1.29, 1.82) is 0 Å². The quantitative estimate of drug-likeness (QED) is 0.281. The molecule has 2 aliphatic rings. The summed E-state index contributed by atoms with van der Waals surface area (Å²) in [6, 6.07) is 40.8. The molecule has 0 N–H and O–H groups in total. The van der Waals surface area contributed by atoms with Crippen molar-refractivity contribution in [2.45, 2.75) is 26.2 Å². The molecule has 5 aromatic carbocycles. The van der Waals surface area contributed by atoms with Crippen LogP contribution in [0.4, 0.5) is 11.4 Å². The topological polar surface area (TPSA) is 16.4 Å². The molecular formula is C34H30BNOSi2. The lowest BCUT2D eigenvalue weighted by molar-refractivity contribution is 0.669. The van der Waals surface area contributed by atoms with E-state index in [2.05, 4.69) is 140 Å². The second-order valence-electron chi connectivity index (χ2n) is 12.2. The standard InChI is InChI=1S/C34H30BNOSi2/c1-38(2)29-18-10-6-14-25(29)35(26-15-7-11-19-30(26)38)36-27-16-8-12-20-31(27)39(3,4)32-22-21-24-23-13-5-9-17-28(23)37-34(24)33(32)36/h5-22H,1-4H3. The Balaban J connectivity index is 1.54. The highest BCUT2D eigenvalue weighted by Crippen LogP contribution is 2.41. The number of nitrogens with zero attached hydrogens (tertiary/aromatic N) is 1. The SMILES string of the molecule is C[Si]1(C)c2ccccc2B(N2c3ccccc3[Si](C)(C)c3ccc4c(oc5ccccc54)c32)c2ccccc21. The Hall–Kier alpha value is -3.80. The highest BCUT2D eigenvalue weighted by Gasteiger charge is 2.48. The van der Waals surface area contributed by atoms with Crippen LogP contribution in [0.25, 0.3) is 21.9 Å². The Labute approximate surface area is 232 Å². The van der Waals surface area contributed by atoms with Crippen molar-refractivity contribution in [2.75, 3.05) is 4.81 Å². The van der Waals surface area contributed by atoms with Gasteiger partial charge in [0.05, 0.1) is 5.69 Å². The number of fused-ring (bicyclic) bond motifs is 8. The van der Waals surface area contributed by atoms with Crippen LogP contribution in [-0.4, -0.2) is 23.0 Å². The summed E-state index contributed by atoms with van der Waals surface area (Å²) in [7, 11) is -3.88. The number of rotatable bonds is 1. The molecule has 2 nitrogen and oxygen atoms in total. The average molecular weight is 536 g/mol. The van der Waals surface area contributed by atoms with Crippen molar-refractivity contribution in [1.82, 2.24) is 0 Å². The summed E-state index contributed by atoms with van der Waals surface area (Å²) in [6.45, 7) is 10.1. The molecule has 3 heterocycles. The molecular weight excluding hydrogens is 505 g/mol. The van der Waals surface area contributed by atoms with E-state index >= 15 is 0 Å². The van der Waals surface area contributed by atoms with Crippen LogP contribution < -0.4 is 36.5 Å². The number of hydrogen-bond donors (Lipinski definition) is 0. The molecule has 0 bridgehead atoms. The van der Waals surface area contributed by atoms with E-state index in [-0.39, 0.29) is 6.85 Å². The normalized spacial score (nSPS) is 16.5. The summed E-state index contributed by atoms with van der Waals surface area (Å²) in [6.07, 6.45) is 0. The van der Waals surface area contributed by atoms with Crippen molar-refractivity contribution in [3.63, 3.8) is 0 Å². The molecule has 0 atom stereocenters. The predicted octanol–water partition coefficient (Wildman–Crippen LogP) is 4.80. The Morgan fingerprint density at radius 2 is 1.10 bits per heavy atom. The third-order valence-electron chi connectivity index (χ3n) is 9.39. The first kappa shape index (κ1) is 23.1. The largest absolute Gasteiger partial charge is 0.454 e. The fourth-order valence-electron chi connectivity index (χ4n) is 7.46. The minimum Gasteiger partial charge on any atom is -0.454 e. The van der Waals surface area contributed by atoms with E-state index < -0.39 is 16.1 Å². The van der Waals surface area contributed by atoms with E-state index in [4.69, 9.17) is 4.42 Å². The van der Waals surface area contributed by atoms with Gasteiger partial charge in [-0.3, -0.25) is 0 Å². The van der Waals surface area contributed by atoms with Crippen molar-refractivity contribution >= 4 is 88.0 Å². The second-order valence-corrected chi connectivity index (χ2v) is 20.8. The molecule has 0 radical (unpaired) electrons. The molecule has 1 aromatic heterocycles. The summed E-state index contributed by atoms with van der Waals surface area (Å²) in [5.41, 5.74) is 7.42. The van der Waals surface area contributed by atoms with Gasteiger partial charge >= 0.3 is 6.85 Å². The lowest BCUT2D eigenvalue weighted by Gasteiger charge is -2.47. The Morgan fingerprint density at radius 3 is 1.82 bits per heavy atom. The van der Waals surface area contributed by atoms with Gasteiger partial charge in [0.25, 0.3) is 0 Å². The molecule has 5 heteroatoms. The first-order valence-corrected chi connectivity index (χ1v) is 19.9. The van der Waals surface area contributed by atoms with Gasteiger partial charge in [0.2, 0.25) is 0 Å². The van der Waals surface area contributed by atoms with Gasteiger partial charge in [0, 0.05) is 16.5 Å². The molecule has 0 spiro atoms. The van der Waals surface area contributed by atoms with Gasteiger partial charge in [-0.05, 0) is 22.5 Å². The summed E-state index contributed by atoms with van der Waals surface area (Å²) in [4.78, 5) is 2.65. The predicted molar refractivity (Wildman–Crippen MR) is 174 cm³/mol. The smallest absolute Gasteiger partial charge is 0.328 e. The molecule has 188 valence electrons. The zero-order valence-corrected chi connectivity index (χ0v) is 24.8. The van der Waals surface area contributed by atoms with Gasteiger partial charge in [0.1, 0.15) is 21.7 Å². The Bertz CT molecular complexity index is 1910. The molecule has 0 unspecified atom stereocenters. The summed E-state index contributed by atoms with van der Waals surface area (Å²) in [5.74, 6) is 0. The van der Waals surface area contributed by atoms with E-state index in [1.165, 1.54) is 53.8 Å². The maximum atomic E-state index is 6.79. The third kappa shape index (κ3) is 2.97. The molecule has 0 aliphatic carbocycles. The summed E-state index contributed by atoms with van der Waals surface area (Å²) < 4.78 is 6.79. The number of benzene rings is 5. The van der Waals surface area contributed by atoms with Crippen molar-refractivity contribution in [3.8, 4) is 0 Å². The monoisotopic (exact) mass is 535 g/mol. The van der Waals surface area contributed by atoms with Gasteiger partial charge in [-0.1, -0.05) is 145 Å². The first-order chi connectivity index (χ1) is 18.9. The van der Waals surface area contributed by atoms with Crippen LogP contribution in [0.5, 0.6) is 0 Å². The zero-order chi connectivity index (χ0) is 26.5. The Morgan fingerprint density at radius 1 is 0.538 bits per heavy atom. The third-order valence-corrected chi connectivity index (χ3v) is 16.5. The highest BCUT2D eigenvalue weighted by molar-refractivity contribution is 7.12. The Kier molecular flexibility index (Phi) is 4.67. The minimum absolute atomic E-state index is 0.0711. The molecule has 0 amide bonds. The molecule has 0 saturated heterocycles. The van der Waals surface area contributed by atoms with Gasteiger partial charge in [-0.2, -0.15) is 0 Å². The zero-order valence-electron chi connectivity index (χ0n) is 22.8. The number of furan rings is 1. The van der Waals surface area contributed by atoms with Crippen LogP contribution in [0.2, 0.25) is 26.2 Å². The first-order valence-electron chi connectivity index (χ1n) is 13.9. The van der Waals surface area contributed by atoms with Crippen molar-refractivity contribution in [2.24, 2.45) is 0 Å². The fourth-order valence-corrected chi connectivity index (χ4v) is 13.6. The van der Waals surface area contributed by atoms with Gasteiger partial charge in [-0.25, -0.2) is 0 Å². The van der Waals surface area contributed by atoms with E-state index in [1.54, 1.807) is 0 Å². The van der Waals surface area contributed by atoms with Crippen LogP contribution >= 0.6 is 0 Å². The molecule has 2 aliphatic heterocycles. The lowest BCUT2D eigenvalue weighted by atomic mass is 9.48. The van der Waals surface area contributed by atoms with E-state index in [0.717, 1.165) is 11.2 Å². The maximum absolute atomic E-state index is 6.79. The summed E-state index contributed by atoms with van der Waals surface area (Å²) in [5, 5.41) is 8.39. The highest BCUT2D eigenvalue weighted by atomic mass is 28.3. The van der Waals surface area contributed by atoms with Crippen LogP contribution in [0, 0.1) is 0 Å². The van der Waals surface area contributed by atoms with Crippen LogP contribution in [-0.2, 0) is 0 Å². The van der Waals surface area contributed by atoms with E-state index in [9.17, 15) is 0 Å². The summed E-state index contributed by atoms with van der Waals surface area (Å²) >= 11 is 0. The number of hydrogen-bond acceptors (Lipinski definition) is 2. The van der Waals surface area contributed by atoms with E-state index in [0.29, 0.717) is 0 Å².